The van der Waals surface area contributed by atoms with Gasteiger partial charge in [0, 0.05) is 35.6 Å². The van der Waals surface area contributed by atoms with Gasteiger partial charge in [0.15, 0.2) is 0 Å². The molecule has 1 aliphatic rings. The average Bonchev–Trinajstić information content (AvgIpc) is 3.02. The number of rotatable bonds is 13. The Morgan fingerprint density at radius 1 is 1.02 bits per heavy atom. The summed E-state index contributed by atoms with van der Waals surface area (Å²) in [5.74, 6) is -0.944. The Hall–Kier alpha value is -3.97. The van der Waals surface area contributed by atoms with E-state index in [1.165, 1.54) is 24.1 Å². The maximum atomic E-state index is 14.3. The smallest absolute Gasteiger partial charge is 0.271 e. The summed E-state index contributed by atoms with van der Waals surface area (Å²) in [6, 6.07) is 19.1. The standard InChI is InChI=1S/C32H37BrN4O7S/c1-44-30-18-17-27(37(40)41)20-28(30)36(45(2,42)43)22-31(38)35(21-24-13-15-25(33)16-14-24)29(19-23-9-5-3-6-10-23)32(39)34-26-11-7-4-8-12-26/h3,5-6,9-10,13-18,20,26,29H,4,7-8,11-12,19,21-22H2,1-2H3,(H,34,39). The number of hydrogen-bond donors (Lipinski definition) is 1. The number of ether oxygens (including phenoxy) is 1. The maximum Gasteiger partial charge on any atom is 0.271 e. The van der Waals surface area contributed by atoms with Crippen LogP contribution >= 0.6 is 15.9 Å². The summed E-state index contributed by atoms with van der Waals surface area (Å²) in [4.78, 5) is 40.7. The summed E-state index contributed by atoms with van der Waals surface area (Å²) in [5.41, 5.74) is 1.04. The highest BCUT2D eigenvalue weighted by molar-refractivity contribution is 9.10. The first-order valence-electron chi connectivity index (χ1n) is 14.6. The van der Waals surface area contributed by atoms with Crippen molar-refractivity contribution in [3.8, 4) is 5.75 Å². The molecule has 0 heterocycles. The van der Waals surface area contributed by atoms with Gasteiger partial charge in [0.05, 0.1) is 18.3 Å². The molecule has 1 saturated carbocycles. The molecule has 11 nitrogen and oxygen atoms in total. The zero-order valence-corrected chi connectivity index (χ0v) is 27.6. The highest BCUT2D eigenvalue weighted by Gasteiger charge is 2.35. The number of nitrogens with zero attached hydrogens (tertiary/aromatic N) is 3. The van der Waals surface area contributed by atoms with E-state index in [1.807, 2.05) is 54.6 Å². The van der Waals surface area contributed by atoms with Crippen molar-refractivity contribution in [2.75, 3.05) is 24.2 Å². The Morgan fingerprint density at radius 3 is 2.29 bits per heavy atom. The molecule has 1 N–H and O–H groups in total. The number of anilines is 1. The van der Waals surface area contributed by atoms with Crippen molar-refractivity contribution in [3.05, 3.63) is 98.5 Å². The molecule has 1 fully saturated rings. The van der Waals surface area contributed by atoms with Gasteiger partial charge in [0.1, 0.15) is 24.0 Å². The molecule has 1 atom stereocenters. The number of amides is 2. The van der Waals surface area contributed by atoms with E-state index in [1.54, 1.807) is 0 Å². The van der Waals surface area contributed by atoms with Crippen molar-refractivity contribution in [3.63, 3.8) is 0 Å². The predicted molar refractivity (Wildman–Crippen MR) is 175 cm³/mol. The molecule has 4 rings (SSSR count). The molecule has 240 valence electrons. The summed E-state index contributed by atoms with van der Waals surface area (Å²) in [6.45, 7) is -0.694. The SMILES string of the molecule is COc1ccc([N+](=O)[O-])cc1N(CC(=O)N(Cc1ccc(Br)cc1)C(Cc1ccccc1)C(=O)NC1CCCCC1)S(C)(=O)=O. The molecule has 2 amide bonds. The zero-order valence-electron chi connectivity index (χ0n) is 25.2. The number of methoxy groups -OCH3 is 1. The Kier molecular flexibility index (Phi) is 11.6. The fourth-order valence-corrected chi connectivity index (χ4v) is 6.58. The molecule has 0 bridgehead atoms. The molecule has 0 aromatic heterocycles. The van der Waals surface area contributed by atoms with Crippen molar-refractivity contribution >= 4 is 49.1 Å². The third kappa shape index (κ3) is 9.27. The minimum atomic E-state index is -4.15. The molecule has 3 aromatic rings. The lowest BCUT2D eigenvalue weighted by atomic mass is 9.94. The molecule has 0 spiro atoms. The van der Waals surface area contributed by atoms with E-state index in [0.717, 1.165) is 64.3 Å². The van der Waals surface area contributed by atoms with Crippen molar-refractivity contribution in [2.45, 2.75) is 57.2 Å². The minimum Gasteiger partial charge on any atom is -0.495 e. The third-order valence-corrected chi connectivity index (χ3v) is 9.47. The number of nitrogens with one attached hydrogen (secondary N) is 1. The van der Waals surface area contributed by atoms with E-state index in [4.69, 9.17) is 4.74 Å². The van der Waals surface area contributed by atoms with Crippen LogP contribution in [0.4, 0.5) is 11.4 Å². The van der Waals surface area contributed by atoms with Crippen molar-refractivity contribution in [1.29, 1.82) is 0 Å². The average molecular weight is 702 g/mol. The van der Waals surface area contributed by atoms with Crippen LogP contribution in [0.3, 0.4) is 0 Å². The number of sulfonamides is 1. The number of halogens is 1. The Balaban J connectivity index is 1.77. The van der Waals surface area contributed by atoms with Crippen LogP contribution in [0.5, 0.6) is 5.75 Å². The van der Waals surface area contributed by atoms with Gasteiger partial charge in [-0.2, -0.15) is 0 Å². The van der Waals surface area contributed by atoms with Crippen LogP contribution < -0.4 is 14.4 Å². The van der Waals surface area contributed by atoms with E-state index in [-0.39, 0.29) is 42.0 Å². The Labute approximate surface area is 271 Å². The maximum absolute atomic E-state index is 14.3. The van der Waals surface area contributed by atoms with Gasteiger partial charge in [-0.25, -0.2) is 8.42 Å². The topological polar surface area (TPSA) is 139 Å². The van der Waals surface area contributed by atoms with Crippen LogP contribution in [0, 0.1) is 10.1 Å². The second kappa shape index (κ2) is 15.3. The Morgan fingerprint density at radius 2 is 1.69 bits per heavy atom. The minimum absolute atomic E-state index is 0.0178. The number of hydrogen-bond acceptors (Lipinski definition) is 7. The quantitative estimate of drug-likeness (QED) is 0.191. The van der Waals surface area contributed by atoms with Crippen LogP contribution in [0.1, 0.15) is 43.2 Å². The van der Waals surface area contributed by atoms with E-state index < -0.39 is 33.4 Å². The molecule has 0 saturated heterocycles. The first-order valence-corrected chi connectivity index (χ1v) is 17.3. The van der Waals surface area contributed by atoms with Crippen molar-refractivity contribution in [2.24, 2.45) is 0 Å². The monoisotopic (exact) mass is 700 g/mol. The van der Waals surface area contributed by atoms with Crippen LogP contribution in [0.25, 0.3) is 0 Å². The number of carbonyl (C=O) groups is 2. The second-order valence-electron chi connectivity index (χ2n) is 11.1. The lowest BCUT2D eigenvalue weighted by Gasteiger charge is -2.35. The summed E-state index contributed by atoms with van der Waals surface area (Å²) in [6.07, 6.45) is 5.91. The molecular weight excluding hydrogens is 664 g/mol. The summed E-state index contributed by atoms with van der Waals surface area (Å²) in [5, 5.41) is 14.7. The molecule has 1 aliphatic carbocycles. The number of carbonyl (C=O) groups excluding carboxylic acids is 2. The van der Waals surface area contributed by atoms with Gasteiger partial charge in [-0.1, -0.05) is 77.7 Å². The first kappa shape index (κ1) is 33.9. The zero-order chi connectivity index (χ0) is 32.6. The highest BCUT2D eigenvalue weighted by Crippen LogP contribution is 2.34. The van der Waals surface area contributed by atoms with Crippen LogP contribution in [0.15, 0.2) is 77.3 Å². The van der Waals surface area contributed by atoms with E-state index in [2.05, 4.69) is 21.2 Å². The lowest BCUT2D eigenvalue weighted by molar-refractivity contribution is -0.384. The van der Waals surface area contributed by atoms with Gasteiger partial charge in [-0.05, 0) is 42.2 Å². The number of benzene rings is 3. The van der Waals surface area contributed by atoms with E-state index >= 15 is 0 Å². The van der Waals surface area contributed by atoms with Gasteiger partial charge < -0.3 is 15.0 Å². The van der Waals surface area contributed by atoms with E-state index in [0.29, 0.717) is 0 Å². The summed E-state index contributed by atoms with van der Waals surface area (Å²) < 4.78 is 33.2. The molecule has 0 aliphatic heterocycles. The van der Waals surface area contributed by atoms with Crippen LogP contribution in [-0.2, 0) is 32.6 Å². The largest absolute Gasteiger partial charge is 0.495 e. The normalized spacial score (nSPS) is 14.3. The lowest BCUT2D eigenvalue weighted by Crippen LogP contribution is -2.55. The van der Waals surface area contributed by atoms with Gasteiger partial charge >= 0.3 is 0 Å². The van der Waals surface area contributed by atoms with Gasteiger partial charge in [0.25, 0.3) is 5.69 Å². The van der Waals surface area contributed by atoms with Crippen molar-refractivity contribution in [1.82, 2.24) is 10.2 Å². The number of non-ortho nitro benzene ring substituents is 1. The van der Waals surface area contributed by atoms with Gasteiger partial charge in [0.2, 0.25) is 21.8 Å². The van der Waals surface area contributed by atoms with Crippen LogP contribution in [-0.4, -0.2) is 62.0 Å². The molecule has 1 unspecified atom stereocenters. The van der Waals surface area contributed by atoms with Crippen molar-refractivity contribution < 1.29 is 27.7 Å². The fourth-order valence-electron chi connectivity index (χ4n) is 5.47. The summed E-state index contributed by atoms with van der Waals surface area (Å²) in [7, 11) is -2.85. The number of nitro groups is 1. The molecular formula is C32H37BrN4O7S. The van der Waals surface area contributed by atoms with Crippen LogP contribution in [0.2, 0.25) is 0 Å². The predicted octanol–water partition coefficient (Wildman–Crippen LogP) is 5.22. The molecule has 0 radical (unpaired) electrons. The summed E-state index contributed by atoms with van der Waals surface area (Å²) >= 11 is 3.42. The fraction of sp³-hybridized carbons (Fsp3) is 0.375. The van der Waals surface area contributed by atoms with Gasteiger partial charge in [-0.15, -0.1) is 0 Å². The second-order valence-corrected chi connectivity index (χ2v) is 13.9. The highest BCUT2D eigenvalue weighted by atomic mass is 79.9. The number of nitro benzene ring substituents is 1. The van der Waals surface area contributed by atoms with Gasteiger partial charge in [-0.3, -0.25) is 24.0 Å². The molecule has 3 aromatic carbocycles. The Bertz CT molecular complexity index is 1600. The van der Waals surface area contributed by atoms with E-state index in [9.17, 15) is 28.1 Å². The molecule has 13 heteroatoms. The molecule has 45 heavy (non-hydrogen) atoms. The third-order valence-electron chi connectivity index (χ3n) is 7.81. The first-order chi connectivity index (χ1) is 21.5.